The van der Waals surface area contributed by atoms with Crippen LogP contribution in [0.3, 0.4) is 0 Å². The summed E-state index contributed by atoms with van der Waals surface area (Å²) in [5.41, 5.74) is 5.73. The molecule has 0 bridgehead atoms. The van der Waals surface area contributed by atoms with Crippen molar-refractivity contribution >= 4 is 0 Å². The van der Waals surface area contributed by atoms with Gasteiger partial charge in [0.15, 0.2) is 0 Å². The van der Waals surface area contributed by atoms with Gasteiger partial charge in [-0.05, 0) is 18.4 Å². The van der Waals surface area contributed by atoms with Crippen LogP contribution in [0.2, 0.25) is 0 Å². The third kappa shape index (κ3) is 3.46. The monoisotopic (exact) mass is 196 g/mol. The molecule has 2 N–H and O–H groups in total. The molecule has 1 heterocycles. The second-order valence-electron chi connectivity index (χ2n) is 4.82. The van der Waals surface area contributed by atoms with Crippen molar-refractivity contribution in [1.29, 1.82) is 0 Å². The number of rotatable bonds is 4. The molecule has 0 saturated heterocycles. The zero-order valence-corrected chi connectivity index (χ0v) is 9.32. The molecule has 0 aliphatic rings. The third-order valence-electron chi connectivity index (χ3n) is 1.99. The Balaban J connectivity index is 2.63. The molecule has 0 aromatic carbocycles. The summed E-state index contributed by atoms with van der Waals surface area (Å²) in [6.45, 7) is 8.25. The first-order chi connectivity index (χ1) is 6.53. The number of nitrogens with zero attached hydrogens (tertiary/aromatic N) is 3. The lowest BCUT2D eigenvalue weighted by atomic mass is 9.92. The van der Waals surface area contributed by atoms with Crippen molar-refractivity contribution in [3.8, 4) is 0 Å². The SMILES string of the molecule is CC(C)(C)Cc1nncn1CCCN. The van der Waals surface area contributed by atoms with E-state index in [0.717, 1.165) is 25.2 Å². The van der Waals surface area contributed by atoms with Crippen LogP contribution in [0.4, 0.5) is 0 Å². The van der Waals surface area contributed by atoms with Gasteiger partial charge in [0.25, 0.3) is 0 Å². The van der Waals surface area contributed by atoms with E-state index in [2.05, 4.69) is 35.5 Å². The van der Waals surface area contributed by atoms with E-state index in [1.807, 2.05) is 0 Å². The smallest absolute Gasteiger partial charge is 0.133 e. The van der Waals surface area contributed by atoms with Crippen LogP contribution in [-0.4, -0.2) is 21.3 Å². The molecule has 14 heavy (non-hydrogen) atoms. The Morgan fingerprint density at radius 1 is 1.43 bits per heavy atom. The summed E-state index contributed by atoms with van der Waals surface area (Å²) in [4.78, 5) is 0. The highest BCUT2D eigenvalue weighted by Crippen LogP contribution is 2.18. The normalized spacial score (nSPS) is 12.0. The molecular weight excluding hydrogens is 176 g/mol. The van der Waals surface area contributed by atoms with Gasteiger partial charge in [0.1, 0.15) is 12.2 Å². The van der Waals surface area contributed by atoms with Crippen LogP contribution in [0.1, 0.15) is 33.0 Å². The van der Waals surface area contributed by atoms with Crippen LogP contribution in [0.5, 0.6) is 0 Å². The van der Waals surface area contributed by atoms with E-state index in [0.29, 0.717) is 6.54 Å². The highest BCUT2D eigenvalue weighted by molar-refractivity contribution is 4.90. The standard InChI is InChI=1S/C10H20N4/c1-10(2,3)7-9-13-12-8-14(9)6-4-5-11/h8H,4-7,11H2,1-3H3. The minimum absolute atomic E-state index is 0.257. The molecule has 0 unspecified atom stereocenters. The number of aromatic nitrogens is 3. The summed E-state index contributed by atoms with van der Waals surface area (Å²) in [5, 5.41) is 8.06. The van der Waals surface area contributed by atoms with Crippen molar-refractivity contribution in [2.75, 3.05) is 6.54 Å². The molecule has 1 aromatic rings. The van der Waals surface area contributed by atoms with Crippen molar-refractivity contribution < 1.29 is 0 Å². The van der Waals surface area contributed by atoms with Gasteiger partial charge < -0.3 is 10.3 Å². The minimum atomic E-state index is 0.257. The topological polar surface area (TPSA) is 56.7 Å². The molecule has 1 aromatic heterocycles. The van der Waals surface area contributed by atoms with Crippen LogP contribution in [0.25, 0.3) is 0 Å². The summed E-state index contributed by atoms with van der Waals surface area (Å²) < 4.78 is 2.10. The molecule has 0 radical (unpaired) electrons. The van der Waals surface area contributed by atoms with Crippen molar-refractivity contribution in [2.45, 2.75) is 40.2 Å². The van der Waals surface area contributed by atoms with Crippen LogP contribution in [-0.2, 0) is 13.0 Å². The van der Waals surface area contributed by atoms with Gasteiger partial charge in [0.2, 0.25) is 0 Å². The van der Waals surface area contributed by atoms with E-state index in [-0.39, 0.29) is 5.41 Å². The number of nitrogens with two attached hydrogens (primary N) is 1. The molecule has 0 aliphatic heterocycles. The van der Waals surface area contributed by atoms with E-state index in [9.17, 15) is 0 Å². The average molecular weight is 196 g/mol. The Hall–Kier alpha value is -0.900. The molecule has 80 valence electrons. The van der Waals surface area contributed by atoms with E-state index in [1.165, 1.54) is 0 Å². The van der Waals surface area contributed by atoms with E-state index < -0.39 is 0 Å². The van der Waals surface area contributed by atoms with E-state index in [4.69, 9.17) is 5.73 Å². The molecular formula is C10H20N4. The summed E-state index contributed by atoms with van der Waals surface area (Å²) in [5.74, 6) is 1.06. The first-order valence-electron chi connectivity index (χ1n) is 5.10. The van der Waals surface area contributed by atoms with Crippen LogP contribution < -0.4 is 5.73 Å². The first-order valence-corrected chi connectivity index (χ1v) is 5.10. The maximum Gasteiger partial charge on any atom is 0.133 e. The predicted molar refractivity (Wildman–Crippen MR) is 56.9 cm³/mol. The maximum absolute atomic E-state index is 5.47. The molecule has 1 rings (SSSR count). The molecule has 0 amide bonds. The van der Waals surface area contributed by atoms with Crippen LogP contribution >= 0.6 is 0 Å². The largest absolute Gasteiger partial charge is 0.330 e. The zero-order valence-electron chi connectivity index (χ0n) is 9.32. The summed E-state index contributed by atoms with van der Waals surface area (Å²) in [6, 6.07) is 0. The van der Waals surface area contributed by atoms with Gasteiger partial charge >= 0.3 is 0 Å². The van der Waals surface area contributed by atoms with E-state index in [1.54, 1.807) is 6.33 Å². The van der Waals surface area contributed by atoms with Crippen molar-refractivity contribution in [3.05, 3.63) is 12.2 Å². The Labute approximate surface area is 85.5 Å². The van der Waals surface area contributed by atoms with E-state index >= 15 is 0 Å². The van der Waals surface area contributed by atoms with Gasteiger partial charge in [-0.1, -0.05) is 20.8 Å². The highest BCUT2D eigenvalue weighted by atomic mass is 15.3. The number of hydrogen-bond acceptors (Lipinski definition) is 3. The van der Waals surface area contributed by atoms with Crippen molar-refractivity contribution in [3.63, 3.8) is 0 Å². The fourth-order valence-corrected chi connectivity index (χ4v) is 1.34. The number of aryl methyl sites for hydroxylation is 1. The van der Waals surface area contributed by atoms with Gasteiger partial charge in [-0.25, -0.2) is 0 Å². The highest BCUT2D eigenvalue weighted by Gasteiger charge is 2.15. The number of hydrogen-bond donors (Lipinski definition) is 1. The second kappa shape index (κ2) is 4.55. The lowest BCUT2D eigenvalue weighted by molar-refractivity contribution is 0.390. The minimum Gasteiger partial charge on any atom is -0.330 e. The molecule has 0 aliphatic carbocycles. The fourth-order valence-electron chi connectivity index (χ4n) is 1.34. The van der Waals surface area contributed by atoms with Crippen LogP contribution in [0.15, 0.2) is 6.33 Å². The molecule has 0 spiro atoms. The van der Waals surface area contributed by atoms with Crippen molar-refractivity contribution in [2.24, 2.45) is 11.1 Å². The lowest BCUT2D eigenvalue weighted by Gasteiger charge is -2.17. The Bertz CT molecular complexity index is 272. The second-order valence-corrected chi connectivity index (χ2v) is 4.82. The lowest BCUT2D eigenvalue weighted by Crippen LogP contribution is -2.15. The zero-order chi connectivity index (χ0) is 10.6. The van der Waals surface area contributed by atoms with Crippen LogP contribution in [0, 0.1) is 5.41 Å². The van der Waals surface area contributed by atoms with Gasteiger partial charge in [0, 0.05) is 13.0 Å². The fraction of sp³-hybridized carbons (Fsp3) is 0.800. The van der Waals surface area contributed by atoms with Gasteiger partial charge in [-0.15, -0.1) is 10.2 Å². The average Bonchev–Trinajstić information content (AvgIpc) is 2.45. The molecule has 0 saturated carbocycles. The van der Waals surface area contributed by atoms with Gasteiger partial charge in [-0.3, -0.25) is 0 Å². The summed E-state index contributed by atoms with van der Waals surface area (Å²) >= 11 is 0. The predicted octanol–water partition coefficient (Wildman–Crippen LogP) is 1.22. The van der Waals surface area contributed by atoms with Crippen molar-refractivity contribution in [1.82, 2.24) is 14.8 Å². The van der Waals surface area contributed by atoms with Gasteiger partial charge in [0.05, 0.1) is 0 Å². The van der Waals surface area contributed by atoms with Gasteiger partial charge in [-0.2, -0.15) is 0 Å². The molecule has 4 nitrogen and oxygen atoms in total. The third-order valence-corrected chi connectivity index (χ3v) is 1.99. The molecule has 0 fully saturated rings. The Morgan fingerprint density at radius 3 is 2.71 bits per heavy atom. The Morgan fingerprint density at radius 2 is 2.14 bits per heavy atom. The first kappa shape index (κ1) is 11.2. The molecule has 0 atom stereocenters. The molecule has 4 heteroatoms. The Kier molecular flexibility index (Phi) is 3.63. The maximum atomic E-state index is 5.47. The summed E-state index contributed by atoms with van der Waals surface area (Å²) in [6.07, 6.45) is 3.73. The quantitative estimate of drug-likeness (QED) is 0.787. The summed E-state index contributed by atoms with van der Waals surface area (Å²) in [7, 11) is 0.